The van der Waals surface area contributed by atoms with Crippen molar-refractivity contribution in [1.82, 2.24) is 5.32 Å². The van der Waals surface area contributed by atoms with Gasteiger partial charge < -0.3 is 5.32 Å². The first-order valence-corrected chi connectivity index (χ1v) is 6.34. The maximum Gasteiger partial charge on any atom is 0.0701 e. The highest BCUT2D eigenvalue weighted by molar-refractivity contribution is 9.11. The second-order valence-corrected chi connectivity index (χ2v) is 6.21. The van der Waals surface area contributed by atoms with E-state index in [1.54, 1.807) is 4.88 Å². The molecule has 0 spiro atoms. The molecule has 2 unspecified atom stereocenters. The topological polar surface area (TPSA) is 12.0 Å². The van der Waals surface area contributed by atoms with Crippen LogP contribution < -0.4 is 5.32 Å². The molecule has 2 rings (SSSR count). The van der Waals surface area contributed by atoms with Gasteiger partial charge in [-0.15, -0.1) is 11.3 Å². The highest BCUT2D eigenvalue weighted by Gasteiger charge is 2.23. The predicted octanol–water partition coefficient (Wildman–Crippen LogP) is 3.22. The molecule has 1 saturated heterocycles. The molecule has 1 aliphatic rings. The number of thiophene rings is 1. The van der Waals surface area contributed by atoms with Gasteiger partial charge >= 0.3 is 0 Å². The largest absolute Gasteiger partial charge is 0.316 e. The molecule has 1 aromatic heterocycles. The molecular formula is C10H14BrNS. The molecule has 1 aliphatic heterocycles. The van der Waals surface area contributed by atoms with Crippen LogP contribution in [-0.2, 0) is 0 Å². The van der Waals surface area contributed by atoms with Gasteiger partial charge in [0.05, 0.1) is 3.79 Å². The molecule has 72 valence electrons. The second-order valence-electron chi connectivity index (χ2n) is 3.72. The van der Waals surface area contributed by atoms with Gasteiger partial charge in [-0.1, -0.05) is 6.92 Å². The number of hydrogen-bond donors (Lipinski definition) is 1. The summed E-state index contributed by atoms with van der Waals surface area (Å²) in [5, 5.41) is 3.43. The highest BCUT2D eigenvalue weighted by Crippen LogP contribution is 2.36. The standard InChI is InChI=1S/C10H14BrNS/c1-7-6-12-5-4-8(7)9-2-3-10(11)13-9/h2-3,7-8,12H,4-6H2,1H3. The van der Waals surface area contributed by atoms with Gasteiger partial charge in [-0.05, 0) is 59.4 Å². The van der Waals surface area contributed by atoms with Gasteiger partial charge in [0.15, 0.2) is 0 Å². The average molecular weight is 260 g/mol. The second kappa shape index (κ2) is 4.11. The minimum Gasteiger partial charge on any atom is -0.316 e. The molecule has 2 atom stereocenters. The van der Waals surface area contributed by atoms with Crippen LogP contribution in [0.15, 0.2) is 15.9 Å². The molecule has 0 aliphatic carbocycles. The summed E-state index contributed by atoms with van der Waals surface area (Å²) in [6.45, 7) is 4.68. The Labute approximate surface area is 91.7 Å². The summed E-state index contributed by atoms with van der Waals surface area (Å²) in [6.07, 6.45) is 1.29. The van der Waals surface area contributed by atoms with Crippen molar-refractivity contribution in [3.05, 3.63) is 20.8 Å². The van der Waals surface area contributed by atoms with Crippen LogP contribution in [-0.4, -0.2) is 13.1 Å². The van der Waals surface area contributed by atoms with E-state index < -0.39 is 0 Å². The Hall–Kier alpha value is 0.140. The molecule has 0 aromatic carbocycles. The van der Waals surface area contributed by atoms with Crippen molar-refractivity contribution in [2.24, 2.45) is 5.92 Å². The highest BCUT2D eigenvalue weighted by atomic mass is 79.9. The summed E-state index contributed by atoms with van der Waals surface area (Å²) >= 11 is 5.41. The normalized spacial score (nSPS) is 29.1. The molecule has 13 heavy (non-hydrogen) atoms. The molecule has 1 N–H and O–H groups in total. The van der Waals surface area contributed by atoms with Crippen molar-refractivity contribution in [3.63, 3.8) is 0 Å². The fourth-order valence-electron chi connectivity index (χ4n) is 1.96. The third-order valence-electron chi connectivity index (χ3n) is 2.74. The van der Waals surface area contributed by atoms with Gasteiger partial charge in [0.25, 0.3) is 0 Å². The molecule has 0 amide bonds. The van der Waals surface area contributed by atoms with E-state index in [-0.39, 0.29) is 0 Å². The van der Waals surface area contributed by atoms with E-state index in [2.05, 4.69) is 40.3 Å². The average Bonchev–Trinajstić information content (AvgIpc) is 2.53. The maximum atomic E-state index is 3.52. The first-order chi connectivity index (χ1) is 6.27. The van der Waals surface area contributed by atoms with Crippen LogP contribution in [0.5, 0.6) is 0 Å². The Bertz CT molecular complexity index is 284. The van der Waals surface area contributed by atoms with E-state index in [1.165, 1.54) is 23.3 Å². The summed E-state index contributed by atoms with van der Waals surface area (Å²) in [7, 11) is 0. The molecule has 1 fully saturated rings. The minimum absolute atomic E-state index is 0.776. The summed E-state index contributed by atoms with van der Waals surface area (Å²) in [6, 6.07) is 4.43. The van der Waals surface area contributed by atoms with Gasteiger partial charge in [0, 0.05) is 4.88 Å². The van der Waals surface area contributed by atoms with E-state index in [4.69, 9.17) is 0 Å². The molecule has 1 aromatic rings. The molecular weight excluding hydrogens is 246 g/mol. The molecule has 0 bridgehead atoms. The lowest BCUT2D eigenvalue weighted by molar-refractivity contribution is 0.353. The Morgan fingerprint density at radius 3 is 3.00 bits per heavy atom. The number of halogens is 1. The maximum absolute atomic E-state index is 3.52. The van der Waals surface area contributed by atoms with Gasteiger partial charge in [0.2, 0.25) is 0 Å². The molecule has 2 heterocycles. The molecule has 0 radical (unpaired) electrons. The van der Waals surface area contributed by atoms with Crippen molar-refractivity contribution < 1.29 is 0 Å². The van der Waals surface area contributed by atoms with Crippen molar-refractivity contribution in [3.8, 4) is 0 Å². The summed E-state index contributed by atoms with van der Waals surface area (Å²) in [5.41, 5.74) is 0. The van der Waals surface area contributed by atoms with Gasteiger partial charge in [-0.2, -0.15) is 0 Å². The predicted molar refractivity (Wildman–Crippen MR) is 61.4 cm³/mol. The quantitative estimate of drug-likeness (QED) is 0.817. The zero-order valence-electron chi connectivity index (χ0n) is 7.72. The first-order valence-electron chi connectivity index (χ1n) is 4.73. The van der Waals surface area contributed by atoms with Crippen molar-refractivity contribution in [2.45, 2.75) is 19.3 Å². The zero-order valence-corrected chi connectivity index (χ0v) is 10.1. The number of piperidine rings is 1. The lowest BCUT2D eigenvalue weighted by atomic mass is 9.87. The zero-order chi connectivity index (χ0) is 9.26. The lowest BCUT2D eigenvalue weighted by Crippen LogP contribution is -2.33. The third-order valence-corrected chi connectivity index (χ3v) is 4.50. The molecule has 0 saturated carbocycles. The van der Waals surface area contributed by atoms with Crippen LogP contribution in [0.1, 0.15) is 24.1 Å². The number of rotatable bonds is 1. The van der Waals surface area contributed by atoms with Crippen molar-refractivity contribution in [2.75, 3.05) is 13.1 Å². The fraction of sp³-hybridized carbons (Fsp3) is 0.600. The monoisotopic (exact) mass is 259 g/mol. The van der Waals surface area contributed by atoms with Gasteiger partial charge in [-0.3, -0.25) is 0 Å². The number of nitrogens with one attached hydrogen (secondary N) is 1. The van der Waals surface area contributed by atoms with Crippen LogP contribution in [0.25, 0.3) is 0 Å². The van der Waals surface area contributed by atoms with Crippen molar-refractivity contribution in [1.29, 1.82) is 0 Å². The van der Waals surface area contributed by atoms with E-state index in [9.17, 15) is 0 Å². The molecule has 1 nitrogen and oxygen atoms in total. The summed E-state index contributed by atoms with van der Waals surface area (Å²) in [5.74, 6) is 1.55. The van der Waals surface area contributed by atoms with Crippen LogP contribution >= 0.6 is 27.3 Å². The summed E-state index contributed by atoms with van der Waals surface area (Å²) in [4.78, 5) is 1.54. The fourth-order valence-corrected chi connectivity index (χ4v) is 3.66. The SMILES string of the molecule is CC1CNCCC1c1ccc(Br)s1. The Morgan fingerprint density at radius 1 is 1.54 bits per heavy atom. The van der Waals surface area contributed by atoms with Crippen molar-refractivity contribution >= 4 is 27.3 Å². The molecule has 3 heteroatoms. The van der Waals surface area contributed by atoms with E-state index in [0.29, 0.717) is 0 Å². The smallest absolute Gasteiger partial charge is 0.0701 e. The summed E-state index contributed by atoms with van der Waals surface area (Å²) < 4.78 is 1.26. The Balaban J connectivity index is 2.14. The van der Waals surface area contributed by atoms with Crippen LogP contribution in [0.3, 0.4) is 0 Å². The van der Waals surface area contributed by atoms with Gasteiger partial charge in [0.1, 0.15) is 0 Å². The van der Waals surface area contributed by atoms with E-state index in [0.717, 1.165) is 11.8 Å². The third kappa shape index (κ3) is 2.14. The van der Waals surface area contributed by atoms with E-state index in [1.807, 2.05) is 11.3 Å². The van der Waals surface area contributed by atoms with Crippen LogP contribution in [0.2, 0.25) is 0 Å². The Morgan fingerprint density at radius 2 is 2.38 bits per heavy atom. The first kappa shape index (κ1) is 9.69. The minimum atomic E-state index is 0.776. The van der Waals surface area contributed by atoms with Crippen LogP contribution in [0.4, 0.5) is 0 Å². The van der Waals surface area contributed by atoms with Gasteiger partial charge in [-0.25, -0.2) is 0 Å². The van der Waals surface area contributed by atoms with Crippen LogP contribution in [0, 0.1) is 5.92 Å². The Kier molecular flexibility index (Phi) is 3.06. The number of hydrogen-bond acceptors (Lipinski definition) is 2. The van der Waals surface area contributed by atoms with E-state index >= 15 is 0 Å². The lowest BCUT2D eigenvalue weighted by Gasteiger charge is -2.28.